The van der Waals surface area contributed by atoms with Crippen LogP contribution in [0.15, 0.2) is 47.3 Å². The average molecular weight is 277 g/mol. The molecular formula is C18H15NO2. The van der Waals surface area contributed by atoms with Gasteiger partial charge in [-0.2, -0.15) is 0 Å². The summed E-state index contributed by atoms with van der Waals surface area (Å²) in [6.07, 6.45) is 3.10. The fourth-order valence-electron chi connectivity index (χ4n) is 3.13. The highest BCUT2D eigenvalue weighted by Crippen LogP contribution is 2.33. The Kier molecular flexibility index (Phi) is 2.67. The maximum absolute atomic E-state index is 12.7. The van der Waals surface area contributed by atoms with Gasteiger partial charge in [0, 0.05) is 27.8 Å². The van der Waals surface area contributed by atoms with Gasteiger partial charge in [0.1, 0.15) is 0 Å². The lowest BCUT2D eigenvalue weighted by Crippen LogP contribution is -2.22. The molecule has 0 atom stereocenters. The Hall–Kier alpha value is -2.42. The predicted molar refractivity (Wildman–Crippen MR) is 83.7 cm³/mol. The van der Waals surface area contributed by atoms with Gasteiger partial charge in [-0.15, -0.1) is 0 Å². The maximum atomic E-state index is 12.7. The molecule has 3 nitrogen and oxygen atoms in total. The molecule has 0 radical (unpaired) electrons. The number of pyridine rings is 1. The minimum Gasteiger partial charge on any atom is -0.321 e. The molecule has 1 heterocycles. The standard InChI is InChI=1S/C18H15NO2/c20-17(11-5-3-6-11)14-9-4-10-15-16(14)12-7-1-2-8-13(12)18(21)19-15/h1-2,4,7-11H,3,5-6H2,(H,19,21). The molecule has 0 bridgehead atoms. The Balaban J connectivity index is 2.10. The molecule has 0 spiro atoms. The number of Topliss-reactive ketones (excluding diaryl/α,β-unsaturated/α-hetero) is 1. The molecule has 4 rings (SSSR count). The second kappa shape index (κ2) is 4.55. The maximum Gasteiger partial charge on any atom is 0.256 e. The summed E-state index contributed by atoms with van der Waals surface area (Å²) >= 11 is 0. The van der Waals surface area contributed by atoms with Crippen LogP contribution >= 0.6 is 0 Å². The largest absolute Gasteiger partial charge is 0.321 e. The van der Waals surface area contributed by atoms with Crippen molar-refractivity contribution < 1.29 is 4.79 Å². The van der Waals surface area contributed by atoms with Gasteiger partial charge >= 0.3 is 0 Å². The quantitative estimate of drug-likeness (QED) is 0.574. The third-order valence-electron chi connectivity index (χ3n) is 4.50. The van der Waals surface area contributed by atoms with Gasteiger partial charge in [-0.05, 0) is 30.4 Å². The normalized spacial score (nSPS) is 15.2. The van der Waals surface area contributed by atoms with Crippen LogP contribution in [0, 0.1) is 5.92 Å². The predicted octanol–water partition coefficient (Wildman–Crippen LogP) is 3.66. The number of fused-ring (bicyclic) bond motifs is 3. The summed E-state index contributed by atoms with van der Waals surface area (Å²) < 4.78 is 0. The average Bonchev–Trinajstić information content (AvgIpc) is 2.45. The van der Waals surface area contributed by atoms with Crippen molar-refractivity contribution in [1.29, 1.82) is 0 Å². The van der Waals surface area contributed by atoms with E-state index in [1.807, 2.05) is 36.4 Å². The Bertz CT molecular complexity index is 919. The van der Waals surface area contributed by atoms with Gasteiger partial charge in [-0.25, -0.2) is 0 Å². The minimum atomic E-state index is -0.105. The zero-order chi connectivity index (χ0) is 14.4. The number of nitrogens with one attached hydrogen (secondary N) is 1. The summed E-state index contributed by atoms with van der Waals surface area (Å²) in [5, 5.41) is 2.38. The van der Waals surface area contributed by atoms with Crippen LogP contribution in [-0.4, -0.2) is 10.8 Å². The summed E-state index contributed by atoms with van der Waals surface area (Å²) in [5.41, 5.74) is 1.37. The van der Waals surface area contributed by atoms with E-state index in [0.717, 1.165) is 41.1 Å². The first kappa shape index (κ1) is 12.3. The molecule has 1 aliphatic carbocycles. The first-order chi connectivity index (χ1) is 10.3. The number of aromatic amines is 1. The zero-order valence-electron chi connectivity index (χ0n) is 11.6. The van der Waals surface area contributed by atoms with Crippen molar-refractivity contribution in [3.05, 3.63) is 58.4 Å². The van der Waals surface area contributed by atoms with E-state index >= 15 is 0 Å². The molecule has 2 aromatic carbocycles. The molecule has 1 fully saturated rings. The smallest absolute Gasteiger partial charge is 0.256 e. The van der Waals surface area contributed by atoms with E-state index in [1.54, 1.807) is 6.07 Å². The number of hydrogen-bond acceptors (Lipinski definition) is 2. The molecular weight excluding hydrogens is 262 g/mol. The molecule has 1 aromatic heterocycles. The van der Waals surface area contributed by atoms with E-state index in [0.29, 0.717) is 5.39 Å². The number of rotatable bonds is 2. The first-order valence-electron chi connectivity index (χ1n) is 7.33. The Morgan fingerprint density at radius 1 is 1.00 bits per heavy atom. The van der Waals surface area contributed by atoms with Gasteiger partial charge in [0.15, 0.2) is 5.78 Å². The van der Waals surface area contributed by atoms with Crippen LogP contribution < -0.4 is 5.56 Å². The number of H-pyrrole nitrogens is 1. The fourth-order valence-corrected chi connectivity index (χ4v) is 3.13. The van der Waals surface area contributed by atoms with Crippen molar-refractivity contribution in [3.63, 3.8) is 0 Å². The Morgan fingerprint density at radius 2 is 1.76 bits per heavy atom. The van der Waals surface area contributed by atoms with Gasteiger partial charge in [-0.1, -0.05) is 36.8 Å². The fraction of sp³-hybridized carbons (Fsp3) is 0.222. The monoisotopic (exact) mass is 277 g/mol. The molecule has 0 unspecified atom stereocenters. The summed E-state index contributed by atoms with van der Waals surface area (Å²) in [5.74, 6) is 0.366. The van der Waals surface area contributed by atoms with Crippen LogP contribution in [0.1, 0.15) is 29.6 Å². The number of hydrogen-bond donors (Lipinski definition) is 1. The molecule has 0 amide bonds. The van der Waals surface area contributed by atoms with Gasteiger partial charge in [-0.3, -0.25) is 9.59 Å². The Morgan fingerprint density at radius 3 is 2.48 bits per heavy atom. The summed E-state index contributed by atoms with van der Waals surface area (Å²) in [4.78, 5) is 27.7. The summed E-state index contributed by atoms with van der Waals surface area (Å²) in [6, 6.07) is 13.1. The number of ketones is 1. The molecule has 1 aliphatic rings. The van der Waals surface area contributed by atoms with Crippen LogP contribution in [0.3, 0.4) is 0 Å². The van der Waals surface area contributed by atoms with Crippen LogP contribution in [-0.2, 0) is 0 Å². The van der Waals surface area contributed by atoms with Crippen molar-refractivity contribution >= 4 is 27.5 Å². The molecule has 104 valence electrons. The number of benzene rings is 2. The topological polar surface area (TPSA) is 49.9 Å². The second-order valence-electron chi connectivity index (χ2n) is 5.72. The number of carbonyl (C=O) groups excluding carboxylic acids is 1. The SMILES string of the molecule is O=C(c1cccc2[nH]c(=O)c3ccccc3c12)C1CCC1. The highest BCUT2D eigenvalue weighted by molar-refractivity contribution is 6.17. The van der Waals surface area contributed by atoms with E-state index in [-0.39, 0.29) is 17.3 Å². The lowest BCUT2D eigenvalue weighted by atomic mass is 9.79. The molecule has 0 saturated heterocycles. The number of aromatic nitrogens is 1. The highest BCUT2D eigenvalue weighted by Gasteiger charge is 2.27. The lowest BCUT2D eigenvalue weighted by Gasteiger charge is -2.24. The van der Waals surface area contributed by atoms with Crippen molar-refractivity contribution in [2.45, 2.75) is 19.3 Å². The number of carbonyl (C=O) groups is 1. The Labute approximate surface area is 121 Å². The van der Waals surface area contributed by atoms with E-state index in [1.165, 1.54) is 0 Å². The molecule has 3 aromatic rings. The van der Waals surface area contributed by atoms with Gasteiger partial charge in [0.25, 0.3) is 5.56 Å². The molecule has 1 saturated carbocycles. The van der Waals surface area contributed by atoms with Crippen molar-refractivity contribution in [1.82, 2.24) is 4.98 Å². The van der Waals surface area contributed by atoms with E-state index in [9.17, 15) is 9.59 Å². The van der Waals surface area contributed by atoms with Crippen molar-refractivity contribution in [2.75, 3.05) is 0 Å². The van der Waals surface area contributed by atoms with Crippen LogP contribution in [0.4, 0.5) is 0 Å². The second-order valence-corrected chi connectivity index (χ2v) is 5.72. The van der Waals surface area contributed by atoms with Crippen molar-refractivity contribution in [2.24, 2.45) is 5.92 Å². The summed E-state index contributed by atoms with van der Waals surface area (Å²) in [6.45, 7) is 0. The first-order valence-corrected chi connectivity index (χ1v) is 7.33. The van der Waals surface area contributed by atoms with Crippen LogP contribution in [0.25, 0.3) is 21.7 Å². The van der Waals surface area contributed by atoms with E-state index < -0.39 is 0 Å². The van der Waals surface area contributed by atoms with Gasteiger partial charge in [0.2, 0.25) is 0 Å². The van der Waals surface area contributed by atoms with Crippen LogP contribution in [0.2, 0.25) is 0 Å². The highest BCUT2D eigenvalue weighted by atomic mass is 16.1. The third-order valence-corrected chi connectivity index (χ3v) is 4.50. The van der Waals surface area contributed by atoms with Gasteiger partial charge in [0.05, 0.1) is 0 Å². The van der Waals surface area contributed by atoms with Crippen molar-refractivity contribution in [3.8, 4) is 0 Å². The molecule has 1 N–H and O–H groups in total. The van der Waals surface area contributed by atoms with E-state index in [2.05, 4.69) is 4.98 Å². The molecule has 3 heteroatoms. The van der Waals surface area contributed by atoms with Crippen LogP contribution in [0.5, 0.6) is 0 Å². The molecule has 0 aliphatic heterocycles. The minimum absolute atomic E-state index is 0.105. The molecule has 21 heavy (non-hydrogen) atoms. The third kappa shape index (κ3) is 1.81. The zero-order valence-corrected chi connectivity index (χ0v) is 11.6. The van der Waals surface area contributed by atoms with Gasteiger partial charge < -0.3 is 4.98 Å². The summed E-state index contributed by atoms with van der Waals surface area (Å²) in [7, 11) is 0. The van der Waals surface area contributed by atoms with E-state index in [4.69, 9.17) is 0 Å². The lowest BCUT2D eigenvalue weighted by molar-refractivity contribution is 0.0857.